The maximum Gasteiger partial charge on any atom is 0.231 e. The molecule has 0 radical (unpaired) electrons. The lowest BCUT2D eigenvalue weighted by Crippen LogP contribution is -3.11. The summed E-state index contributed by atoms with van der Waals surface area (Å²) in [6, 6.07) is 11.3. The van der Waals surface area contributed by atoms with Gasteiger partial charge in [-0.05, 0) is 44.4 Å². The van der Waals surface area contributed by atoms with Crippen molar-refractivity contribution in [3.8, 4) is 11.5 Å². The number of ether oxygens (including phenoxy) is 1. The Morgan fingerprint density at radius 2 is 1.93 bits per heavy atom. The lowest BCUT2D eigenvalue weighted by atomic mass is 10.0. The molecule has 5 rings (SSSR count). The summed E-state index contributed by atoms with van der Waals surface area (Å²) in [6.07, 6.45) is 7.50. The molecule has 30 heavy (non-hydrogen) atoms. The van der Waals surface area contributed by atoms with Gasteiger partial charge in [0.15, 0.2) is 5.76 Å². The highest BCUT2D eigenvalue weighted by molar-refractivity contribution is 6.15. The number of rotatable bonds is 4. The summed E-state index contributed by atoms with van der Waals surface area (Å²) in [7, 11) is 0. The molecule has 0 aliphatic carbocycles. The number of aryl methyl sites for hydroxylation is 1. The molecule has 3 heterocycles. The Morgan fingerprint density at radius 1 is 1.13 bits per heavy atom. The van der Waals surface area contributed by atoms with Crippen molar-refractivity contribution in [3.63, 3.8) is 0 Å². The molecule has 1 N–H and O–H groups in total. The second-order valence-corrected chi connectivity index (χ2v) is 8.23. The Kier molecular flexibility index (Phi) is 4.83. The lowest BCUT2D eigenvalue weighted by Gasteiger charge is -2.26. The number of hydrogen-bond acceptors (Lipinski definition) is 3. The van der Waals surface area contributed by atoms with E-state index in [9.17, 15) is 9.90 Å². The summed E-state index contributed by atoms with van der Waals surface area (Å²) in [5.41, 5.74) is 3.23. The van der Waals surface area contributed by atoms with Crippen LogP contribution in [0.25, 0.3) is 17.0 Å². The number of carbonyl (C=O) groups excluding carboxylic acids is 1. The molecule has 154 valence electrons. The van der Waals surface area contributed by atoms with Gasteiger partial charge < -0.3 is 19.3 Å². The minimum absolute atomic E-state index is 0.0385. The molecule has 2 aromatic carbocycles. The summed E-state index contributed by atoms with van der Waals surface area (Å²) in [5, 5.41) is 13.7. The van der Waals surface area contributed by atoms with Gasteiger partial charge in [0.25, 0.3) is 0 Å². The topological polar surface area (TPSA) is 58.7 Å². The standard InChI is InChI=1S/C25H26N2O3/c1-2-27-15-17(18-8-4-5-9-21(18)27)14-23-24(29)19-10-11-22(28)20(25(19)30-23)16-26-12-6-3-7-13-26/h4-5,8-11,14-15,28H,2-3,6-7,12-13,16H2,1H3/b23-14+. The van der Waals surface area contributed by atoms with E-state index in [2.05, 4.69) is 29.8 Å². The van der Waals surface area contributed by atoms with Gasteiger partial charge in [0.2, 0.25) is 5.78 Å². The number of piperidine rings is 1. The van der Waals surface area contributed by atoms with E-state index >= 15 is 0 Å². The van der Waals surface area contributed by atoms with Gasteiger partial charge in [-0.15, -0.1) is 0 Å². The molecule has 3 aromatic rings. The summed E-state index contributed by atoms with van der Waals surface area (Å²) in [5.74, 6) is 0.581. The lowest BCUT2D eigenvalue weighted by molar-refractivity contribution is -0.918. The third-order valence-corrected chi connectivity index (χ3v) is 6.33. The number of nitrogens with zero attached hydrogens (tertiary/aromatic N) is 1. The summed E-state index contributed by atoms with van der Waals surface area (Å²) in [6.45, 7) is 5.70. The van der Waals surface area contributed by atoms with Gasteiger partial charge in [-0.2, -0.15) is 0 Å². The van der Waals surface area contributed by atoms with Crippen LogP contribution in [-0.2, 0) is 13.1 Å². The molecule has 2 aliphatic rings. The van der Waals surface area contributed by atoms with Crippen LogP contribution in [0, 0.1) is 0 Å². The number of quaternary nitrogens is 1. The number of aromatic nitrogens is 1. The Morgan fingerprint density at radius 3 is 2.73 bits per heavy atom. The van der Waals surface area contributed by atoms with Gasteiger partial charge in [-0.1, -0.05) is 30.0 Å². The molecule has 0 unspecified atom stereocenters. The van der Waals surface area contributed by atoms with Crippen molar-refractivity contribution < 1.29 is 19.5 Å². The van der Waals surface area contributed by atoms with Gasteiger partial charge in [-0.25, -0.2) is 0 Å². The molecule has 0 spiro atoms. The highest BCUT2D eigenvalue weighted by Crippen LogP contribution is 2.39. The van der Waals surface area contributed by atoms with Crippen molar-refractivity contribution >= 4 is 22.8 Å². The smallest absolute Gasteiger partial charge is 0.231 e. The van der Waals surface area contributed by atoms with Gasteiger partial charge >= 0.3 is 0 Å². The molecule has 1 aromatic heterocycles. The molecule has 5 nitrogen and oxygen atoms in total. The first kappa shape index (κ1) is 18.9. The monoisotopic (exact) mass is 402 g/mol. The average molecular weight is 402 g/mol. The van der Waals surface area contributed by atoms with Crippen LogP contribution in [0.15, 0.2) is 48.4 Å². The maximum atomic E-state index is 13.1. The largest absolute Gasteiger partial charge is 0.872 e. The van der Waals surface area contributed by atoms with Crippen molar-refractivity contribution in [2.75, 3.05) is 13.1 Å². The molecule has 1 fully saturated rings. The Hall–Kier alpha value is -3.05. The van der Waals surface area contributed by atoms with Crippen LogP contribution >= 0.6 is 0 Å². The molecular weight excluding hydrogens is 376 g/mol. The fraction of sp³-hybridized carbons (Fsp3) is 0.320. The SMILES string of the molecule is CCn1cc(/C=C2/Oc3c(ccc([O-])c3C[NH+]3CCCCC3)C2=O)c2ccccc21. The van der Waals surface area contributed by atoms with E-state index in [1.165, 1.54) is 30.2 Å². The third-order valence-electron chi connectivity index (χ3n) is 6.33. The molecule has 0 bridgehead atoms. The van der Waals surface area contributed by atoms with E-state index in [-0.39, 0.29) is 11.5 Å². The quantitative estimate of drug-likeness (QED) is 0.683. The number of likely N-dealkylation sites (tertiary alicyclic amines) is 1. The Balaban J connectivity index is 1.52. The minimum atomic E-state index is -0.145. The fourth-order valence-electron chi connectivity index (χ4n) is 4.73. The van der Waals surface area contributed by atoms with Crippen molar-refractivity contribution in [1.82, 2.24) is 4.57 Å². The zero-order valence-electron chi connectivity index (χ0n) is 17.2. The molecule has 0 amide bonds. The summed E-state index contributed by atoms with van der Waals surface area (Å²) >= 11 is 0. The second kappa shape index (κ2) is 7.65. The van der Waals surface area contributed by atoms with Crippen molar-refractivity contribution in [2.45, 2.75) is 39.3 Å². The van der Waals surface area contributed by atoms with Gasteiger partial charge in [-0.3, -0.25) is 4.79 Å². The number of benzene rings is 2. The van der Waals surface area contributed by atoms with Crippen LogP contribution < -0.4 is 14.7 Å². The maximum absolute atomic E-state index is 13.1. The van der Waals surface area contributed by atoms with Crippen LogP contribution in [0.4, 0.5) is 0 Å². The van der Waals surface area contributed by atoms with Gasteiger partial charge in [0, 0.05) is 34.8 Å². The van der Waals surface area contributed by atoms with Crippen LogP contribution in [0.2, 0.25) is 0 Å². The Bertz CT molecular complexity index is 1150. The van der Waals surface area contributed by atoms with Crippen LogP contribution in [0.5, 0.6) is 11.5 Å². The van der Waals surface area contributed by atoms with Crippen LogP contribution in [-0.4, -0.2) is 23.4 Å². The van der Waals surface area contributed by atoms with E-state index in [4.69, 9.17) is 4.74 Å². The first-order valence-electron chi connectivity index (χ1n) is 10.8. The number of allylic oxidation sites excluding steroid dienone is 1. The highest BCUT2D eigenvalue weighted by Gasteiger charge is 2.31. The number of Topliss-reactive ketones (excluding diaryl/α,β-unsaturated/α-hetero) is 1. The van der Waals surface area contributed by atoms with E-state index < -0.39 is 0 Å². The molecule has 5 heteroatoms. The highest BCUT2D eigenvalue weighted by atomic mass is 16.5. The number of carbonyl (C=O) groups is 1. The van der Waals surface area contributed by atoms with Gasteiger partial charge in [0.1, 0.15) is 12.3 Å². The number of ketones is 1. The molecular formula is C25H26N2O3. The van der Waals surface area contributed by atoms with E-state index in [0.29, 0.717) is 29.2 Å². The molecule has 0 atom stereocenters. The normalized spacial score (nSPS) is 18.2. The van der Waals surface area contributed by atoms with E-state index in [1.807, 2.05) is 18.2 Å². The first-order valence-corrected chi connectivity index (χ1v) is 10.8. The molecule has 2 aliphatic heterocycles. The summed E-state index contributed by atoms with van der Waals surface area (Å²) in [4.78, 5) is 14.5. The fourth-order valence-corrected chi connectivity index (χ4v) is 4.73. The summed E-state index contributed by atoms with van der Waals surface area (Å²) < 4.78 is 8.22. The first-order chi connectivity index (χ1) is 14.7. The van der Waals surface area contributed by atoms with Crippen molar-refractivity contribution in [2.24, 2.45) is 0 Å². The molecule has 1 saturated heterocycles. The number of fused-ring (bicyclic) bond motifs is 2. The zero-order chi connectivity index (χ0) is 20.7. The van der Waals surface area contributed by atoms with Crippen molar-refractivity contribution in [1.29, 1.82) is 0 Å². The number of hydrogen-bond donors (Lipinski definition) is 1. The van der Waals surface area contributed by atoms with E-state index in [0.717, 1.165) is 36.1 Å². The minimum Gasteiger partial charge on any atom is -0.872 e. The average Bonchev–Trinajstić information content (AvgIpc) is 3.29. The zero-order valence-corrected chi connectivity index (χ0v) is 17.2. The third kappa shape index (κ3) is 3.19. The number of nitrogens with one attached hydrogen (secondary N) is 1. The van der Waals surface area contributed by atoms with Gasteiger partial charge in [0.05, 0.1) is 18.7 Å². The number of para-hydroxylation sites is 1. The van der Waals surface area contributed by atoms with E-state index in [1.54, 1.807) is 6.07 Å². The van der Waals surface area contributed by atoms with Crippen LogP contribution in [0.3, 0.4) is 0 Å². The van der Waals surface area contributed by atoms with Crippen molar-refractivity contribution in [3.05, 3.63) is 65.0 Å². The predicted octanol–water partition coefficient (Wildman–Crippen LogP) is 2.92. The predicted molar refractivity (Wildman–Crippen MR) is 115 cm³/mol. The molecule has 0 saturated carbocycles. The second-order valence-electron chi connectivity index (χ2n) is 8.23. The van der Waals surface area contributed by atoms with Crippen LogP contribution in [0.1, 0.15) is 47.7 Å². The Labute approximate surface area is 176 Å².